The Balaban J connectivity index is 1.65. The number of hydrogen-bond acceptors (Lipinski definition) is 5. The minimum atomic E-state index is -0.587. The normalized spacial score (nSPS) is 35.7. The first-order valence-corrected chi connectivity index (χ1v) is 6.93. The van der Waals surface area contributed by atoms with Gasteiger partial charge in [0.05, 0.1) is 32.0 Å². The van der Waals surface area contributed by atoms with Gasteiger partial charge in [-0.3, -0.25) is 0 Å². The van der Waals surface area contributed by atoms with Crippen LogP contribution in [-0.2, 0) is 14.2 Å². The van der Waals surface area contributed by atoms with Crippen molar-refractivity contribution in [2.75, 3.05) is 39.6 Å². The Morgan fingerprint density at radius 3 is 2.50 bits per heavy atom. The Labute approximate surface area is 109 Å². The molecule has 0 spiro atoms. The van der Waals surface area contributed by atoms with E-state index in [1.54, 1.807) is 0 Å². The van der Waals surface area contributed by atoms with E-state index in [1.807, 2.05) is 6.92 Å². The van der Waals surface area contributed by atoms with Crippen LogP contribution in [0.1, 0.15) is 26.2 Å². The molecule has 0 amide bonds. The molecular formula is C13H25NO4. The lowest BCUT2D eigenvalue weighted by Gasteiger charge is -2.45. The molecule has 2 aliphatic heterocycles. The Morgan fingerprint density at radius 1 is 1.17 bits per heavy atom. The molecule has 0 radical (unpaired) electrons. The van der Waals surface area contributed by atoms with Crippen LogP contribution in [0, 0.1) is 0 Å². The van der Waals surface area contributed by atoms with Crippen LogP contribution >= 0.6 is 0 Å². The molecule has 0 aromatic rings. The summed E-state index contributed by atoms with van der Waals surface area (Å²) in [7, 11) is 0. The Morgan fingerprint density at radius 2 is 1.83 bits per heavy atom. The van der Waals surface area contributed by atoms with E-state index in [1.165, 1.54) is 0 Å². The molecule has 5 nitrogen and oxygen atoms in total. The molecule has 2 unspecified atom stereocenters. The summed E-state index contributed by atoms with van der Waals surface area (Å²) >= 11 is 0. The maximum absolute atomic E-state index is 10.6. The topological polar surface area (TPSA) is 60.0 Å². The number of piperidine rings is 1. The van der Waals surface area contributed by atoms with Crippen LogP contribution in [0.25, 0.3) is 0 Å². The Kier molecular flexibility index (Phi) is 5.38. The molecule has 0 saturated carbocycles. The second-order valence-electron chi connectivity index (χ2n) is 5.29. The van der Waals surface area contributed by atoms with E-state index >= 15 is 0 Å². The fourth-order valence-corrected chi connectivity index (χ4v) is 2.85. The first-order chi connectivity index (χ1) is 8.72. The highest BCUT2D eigenvalue weighted by molar-refractivity contribution is 4.97. The van der Waals surface area contributed by atoms with Crippen LogP contribution in [0.15, 0.2) is 0 Å². The van der Waals surface area contributed by atoms with Gasteiger partial charge in [0.25, 0.3) is 0 Å². The smallest absolute Gasteiger partial charge is 0.0701 e. The molecule has 18 heavy (non-hydrogen) atoms. The average molecular weight is 259 g/mol. The van der Waals surface area contributed by atoms with Gasteiger partial charge in [-0.05, 0) is 26.2 Å². The molecular weight excluding hydrogens is 234 g/mol. The predicted molar refractivity (Wildman–Crippen MR) is 67.6 cm³/mol. The van der Waals surface area contributed by atoms with Gasteiger partial charge in [-0.2, -0.15) is 0 Å². The molecule has 106 valence electrons. The molecule has 2 heterocycles. The summed E-state index contributed by atoms with van der Waals surface area (Å²) < 4.78 is 16.2. The number of rotatable bonds is 7. The highest BCUT2D eigenvalue weighted by Crippen LogP contribution is 2.30. The zero-order chi connectivity index (χ0) is 12.8. The second kappa shape index (κ2) is 6.82. The van der Waals surface area contributed by atoms with Gasteiger partial charge in [0.2, 0.25) is 0 Å². The van der Waals surface area contributed by atoms with Crippen molar-refractivity contribution in [2.45, 2.75) is 43.9 Å². The first kappa shape index (κ1) is 14.2. The molecule has 2 fully saturated rings. The monoisotopic (exact) mass is 259 g/mol. The van der Waals surface area contributed by atoms with Gasteiger partial charge >= 0.3 is 0 Å². The molecule has 2 atom stereocenters. The maximum Gasteiger partial charge on any atom is 0.0701 e. The van der Waals surface area contributed by atoms with Gasteiger partial charge in [-0.15, -0.1) is 0 Å². The molecule has 2 N–H and O–H groups in total. The lowest BCUT2D eigenvalue weighted by molar-refractivity contribution is -0.0904. The molecule has 0 aliphatic carbocycles. The number of nitrogens with one attached hydrogen (secondary N) is 1. The van der Waals surface area contributed by atoms with Crippen molar-refractivity contribution in [1.82, 2.24) is 5.32 Å². The molecule has 0 aromatic carbocycles. The third kappa shape index (κ3) is 4.17. The van der Waals surface area contributed by atoms with Crippen molar-refractivity contribution in [2.24, 2.45) is 0 Å². The van der Waals surface area contributed by atoms with Crippen molar-refractivity contribution in [3.8, 4) is 0 Å². The van der Waals surface area contributed by atoms with Crippen molar-refractivity contribution < 1.29 is 19.3 Å². The van der Waals surface area contributed by atoms with E-state index in [0.717, 1.165) is 19.4 Å². The quantitative estimate of drug-likeness (QED) is 0.645. The fraction of sp³-hybridized carbons (Fsp3) is 1.00. The summed E-state index contributed by atoms with van der Waals surface area (Å²) in [6.07, 6.45) is 2.23. The van der Waals surface area contributed by atoms with E-state index < -0.39 is 5.60 Å². The van der Waals surface area contributed by atoms with Crippen LogP contribution in [-0.4, -0.2) is 62.4 Å². The summed E-state index contributed by atoms with van der Waals surface area (Å²) in [5, 5.41) is 14.1. The fourth-order valence-electron chi connectivity index (χ4n) is 2.85. The van der Waals surface area contributed by atoms with Gasteiger partial charge < -0.3 is 24.6 Å². The standard InChI is InChI=1S/C13H25NO4/c1-2-16-5-6-17-4-3-13(15)7-11-9-18-10-12(8-13)14-11/h11-12,14-15H,2-10H2,1H3. The third-order valence-corrected chi connectivity index (χ3v) is 3.65. The van der Waals surface area contributed by atoms with Crippen molar-refractivity contribution in [3.05, 3.63) is 0 Å². The number of aliphatic hydroxyl groups is 1. The number of morpholine rings is 1. The minimum absolute atomic E-state index is 0.297. The van der Waals surface area contributed by atoms with Gasteiger partial charge in [-0.25, -0.2) is 0 Å². The molecule has 5 heteroatoms. The van der Waals surface area contributed by atoms with Crippen molar-refractivity contribution in [3.63, 3.8) is 0 Å². The number of hydrogen-bond donors (Lipinski definition) is 2. The van der Waals surface area contributed by atoms with Crippen LogP contribution in [0.3, 0.4) is 0 Å². The third-order valence-electron chi connectivity index (χ3n) is 3.65. The zero-order valence-corrected chi connectivity index (χ0v) is 11.2. The SMILES string of the molecule is CCOCCOCCC1(O)CC2COCC(C1)N2. The number of fused-ring (bicyclic) bond motifs is 2. The first-order valence-electron chi connectivity index (χ1n) is 6.93. The van der Waals surface area contributed by atoms with E-state index in [0.29, 0.717) is 51.5 Å². The molecule has 2 saturated heterocycles. The largest absolute Gasteiger partial charge is 0.390 e. The number of ether oxygens (including phenoxy) is 3. The van der Waals surface area contributed by atoms with Crippen LogP contribution in [0.5, 0.6) is 0 Å². The summed E-state index contributed by atoms with van der Waals surface area (Å²) in [6, 6.07) is 0.594. The van der Waals surface area contributed by atoms with Crippen molar-refractivity contribution >= 4 is 0 Å². The van der Waals surface area contributed by atoms with E-state index in [-0.39, 0.29) is 0 Å². The predicted octanol–water partition coefficient (Wildman–Crippen LogP) is 0.312. The molecule has 2 rings (SSSR count). The lowest BCUT2D eigenvalue weighted by atomic mass is 9.81. The second-order valence-corrected chi connectivity index (χ2v) is 5.29. The van der Waals surface area contributed by atoms with Crippen molar-refractivity contribution in [1.29, 1.82) is 0 Å². The van der Waals surface area contributed by atoms with Crippen LogP contribution < -0.4 is 5.32 Å². The van der Waals surface area contributed by atoms with Gasteiger partial charge in [-0.1, -0.05) is 0 Å². The summed E-state index contributed by atoms with van der Waals surface area (Å²) in [5.74, 6) is 0. The van der Waals surface area contributed by atoms with E-state index in [2.05, 4.69) is 5.32 Å². The van der Waals surface area contributed by atoms with E-state index in [4.69, 9.17) is 14.2 Å². The highest BCUT2D eigenvalue weighted by Gasteiger charge is 2.40. The maximum atomic E-state index is 10.6. The lowest BCUT2D eigenvalue weighted by Crippen LogP contribution is -2.60. The van der Waals surface area contributed by atoms with Gasteiger partial charge in [0.1, 0.15) is 0 Å². The van der Waals surface area contributed by atoms with Crippen LogP contribution in [0.2, 0.25) is 0 Å². The summed E-state index contributed by atoms with van der Waals surface area (Å²) in [5.41, 5.74) is -0.587. The Hall–Kier alpha value is -0.200. The summed E-state index contributed by atoms with van der Waals surface area (Å²) in [6.45, 7) is 5.96. The minimum Gasteiger partial charge on any atom is -0.390 e. The molecule has 2 bridgehead atoms. The average Bonchev–Trinajstić information content (AvgIpc) is 2.33. The zero-order valence-electron chi connectivity index (χ0n) is 11.2. The molecule has 2 aliphatic rings. The summed E-state index contributed by atoms with van der Waals surface area (Å²) in [4.78, 5) is 0. The van der Waals surface area contributed by atoms with Gasteiger partial charge in [0, 0.05) is 25.3 Å². The van der Waals surface area contributed by atoms with E-state index in [9.17, 15) is 5.11 Å². The van der Waals surface area contributed by atoms with Crippen LogP contribution in [0.4, 0.5) is 0 Å². The Bertz CT molecular complexity index is 237. The van der Waals surface area contributed by atoms with Gasteiger partial charge in [0.15, 0.2) is 0 Å². The highest BCUT2D eigenvalue weighted by atomic mass is 16.5. The molecule has 0 aromatic heterocycles.